The maximum Gasteiger partial charge on any atom is 0.326 e. The van der Waals surface area contributed by atoms with Crippen LogP contribution in [-0.4, -0.2) is 35.9 Å². The van der Waals surface area contributed by atoms with Crippen molar-refractivity contribution in [2.24, 2.45) is 11.3 Å². The highest BCUT2D eigenvalue weighted by Gasteiger charge is 2.51. The lowest BCUT2D eigenvalue weighted by atomic mass is 9.76. The van der Waals surface area contributed by atoms with E-state index in [0.717, 1.165) is 38.6 Å². The van der Waals surface area contributed by atoms with Gasteiger partial charge in [-0.3, -0.25) is 10.1 Å². The van der Waals surface area contributed by atoms with Crippen LogP contribution in [0.1, 0.15) is 65.7 Å². The summed E-state index contributed by atoms with van der Waals surface area (Å²) in [7, 11) is 0. The van der Waals surface area contributed by atoms with Crippen LogP contribution in [0.3, 0.4) is 0 Å². The highest BCUT2D eigenvalue weighted by atomic mass is 16.5. The molecule has 122 valence electrons. The van der Waals surface area contributed by atoms with E-state index in [9.17, 15) is 9.90 Å². The molecule has 21 heavy (non-hydrogen) atoms. The Hall–Kier alpha value is -0.610. The van der Waals surface area contributed by atoms with Crippen molar-refractivity contribution >= 4 is 5.97 Å². The number of ether oxygens (including phenoxy) is 1. The van der Waals surface area contributed by atoms with Crippen molar-refractivity contribution in [3.63, 3.8) is 0 Å². The van der Waals surface area contributed by atoms with Gasteiger partial charge in [0.05, 0.1) is 12.7 Å². The highest BCUT2D eigenvalue weighted by Crippen LogP contribution is 2.41. The molecule has 2 aliphatic carbocycles. The van der Waals surface area contributed by atoms with Gasteiger partial charge in [0.1, 0.15) is 5.54 Å². The smallest absolute Gasteiger partial charge is 0.326 e. The fraction of sp³-hybridized carbons (Fsp3) is 0.941. The van der Waals surface area contributed by atoms with E-state index in [-0.39, 0.29) is 12.0 Å². The third-order valence-corrected chi connectivity index (χ3v) is 5.18. The van der Waals surface area contributed by atoms with Gasteiger partial charge in [-0.15, -0.1) is 0 Å². The van der Waals surface area contributed by atoms with Crippen LogP contribution < -0.4 is 5.32 Å². The van der Waals surface area contributed by atoms with Crippen molar-refractivity contribution in [1.82, 2.24) is 5.32 Å². The molecule has 2 N–H and O–H groups in total. The molecule has 1 unspecified atom stereocenters. The molecular formula is C17H31NO3. The molecule has 0 aromatic carbocycles. The average Bonchev–Trinajstić information content (AvgIpc) is 3.25. The predicted octanol–water partition coefficient (Wildman–Crippen LogP) is 3.20. The van der Waals surface area contributed by atoms with E-state index in [1.54, 1.807) is 0 Å². The second-order valence-electron chi connectivity index (χ2n) is 7.65. The first-order valence-electron chi connectivity index (χ1n) is 8.50. The Morgan fingerprint density at radius 2 is 1.90 bits per heavy atom. The van der Waals surface area contributed by atoms with Gasteiger partial charge in [-0.2, -0.15) is 0 Å². The molecule has 0 aromatic rings. The SMILES string of the molecule is CCCNC(COC1CCC(C)(C)CC1)(C(=O)O)C1CC1. The zero-order valence-electron chi connectivity index (χ0n) is 13.8. The van der Waals surface area contributed by atoms with Crippen LogP contribution in [0.4, 0.5) is 0 Å². The lowest BCUT2D eigenvalue weighted by molar-refractivity contribution is -0.151. The summed E-state index contributed by atoms with van der Waals surface area (Å²) in [5, 5.41) is 13.0. The van der Waals surface area contributed by atoms with Crippen molar-refractivity contribution in [3.05, 3.63) is 0 Å². The quantitative estimate of drug-likeness (QED) is 0.722. The molecule has 2 fully saturated rings. The van der Waals surface area contributed by atoms with E-state index in [4.69, 9.17) is 4.74 Å². The fourth-order valence-corrected chi connectivity index (χ4v) is 3.34. The van der Waals surface area contributed by atoms with Crippen molar-refractivity contribution in [1.29, 1.82) is 0 Å². The zero-order chi connectivity index (χ0) is 15.5. The molecule has 0 spiro atoms. The van der Waals surface area contributed by atoms with Crippen LogP contribution >= 0.6 is 0 Å². The van der Waals surface area contributed by atoms with E-state index in [1.165, 1.54) is 12.8 Å². The minimum atomic E-state index is -0.858. The Balaban J connectivity index is 1.91. The Labute approximate surface area is 128 Å². The molecule has 2 saturated carbocycles. The van der Waals surface area contributed by atoms with Crippen molar-refractivity contribution in [2.75, 3.05) is 13.2 Å². The minimum absolute atomic E-state index is 0.235. The molecule has 0 bridgehead atoms. The van der Waals surface area contributed by atoms with Gasteiger partial charge in [-0.05, 0) is 62.8 Å². The summed E-state index contributed by atoms with van der Waals surface area (Å²) in [4.78, 5) is 11.8. The second kappa shape index (κ2) is 6.66. The summed E-state index contributed by atoms with van der Waals surface area (Å²) in [6.45, 7) is 7.73. The van der Waals surface area contributed by atoms with Gasteiger partial charge in [-0.1, -0.05) is 20.8 Å². The van der Waals surface area contributed by atoms with Crippen molar-refractivity contribution in [3.8, 4) is 0 Å². The highest BCUT2D eigenvalue weighted by molar-refractivity contribution is 5.80. The molecule has 0 saturated heterocycles. The number of hydrogen-bond acceptors (Lipinski definition) is 3. The van der Waals surface area contributed by atoms with Crippen LogP contribution in [0.25, 0.3) is 0 Å². The Bertz CT molecular complexity index is 355. The number of hydrogen-bond donors (Lipinski definition) is 2. The molecule has 2 aliphatic rings. The molecule has 4 heteroatoms. The Morgan fingerprint density at radius 1 is 1.29 bits per heavy atom. The third-order valence-electron chi connectivity index (χ3n) is 5.18. The molecule has 0 aliphatic heterocycles. The maximum absolute atomic E-state index is 11.8. The van der Waals surface area contributed by atoms with E-state index in [2.05, 4.69) is 26.1 Å². The van der Waals surface area contributed by atoms with Crippen molar-refractivity contribution in [2.45, 2.75) is 77.4 Å². The van der Waals surface area contributed by atoms with Crippen LogP contribution in [0.5, 0.6) is 0 Å². The van der Waals surface area contributed by atoms with E-state index in [0.29, 0.717) is 12.0 Å². The first-order valence-corrected chi connectivity index (χ1v) is 8.50. The Kier molecular flexibility index (Phi) is 5.31. The first kappa shape index (κ1) is 16.8. The maximum atomic E-state index is 11.8. The third kappa shape index (κ3) is 4.19. The molecular weight excluding hydrogens is 266 g/mol. The van der Waals surface area contributed by atoms with Gasteiger partial charge in [-0.25, -0.2) is 0 Å². The Morgan fingerprint density at radius 3 is 2.38 bits per heavy atom. The van der Waals surface area contributed by atoms with Gasteiger partial charge in [0.15, 0.2) is 0 Å². The molecule has 1 atom stereocenters. The van der Waals surface area contributed by atoms with E-state index >= 15 is 0 Å². The second-order valence-corrected chi connectivity index (χ2v) is 7.65. The molecule has 0 heterocycles. The van der Waals surface area contributed by atoms with Crippen LogP contribution in [0.15, 0.2) is 0 Å². The number of aliphatic carboxylic acids is 1. The molecule has 4 nitrogen and oxygen atoms in total. The number of carboxylic acids is 1. The van der Waals surface area contributed by atoms with Gasteiger partial charge in [0.2, 0.25) is 0 Å². The standard InChI is InChI=1S/C17H31NO3/c1-4-11-18-17(15(19)20,13-5-6-13)12-21-14-7-9-16(2,3)10-8-14/h13-14,18H,4-12H2,1-3H3,(H,19,20). The zero-order valence-corrected chi connectivity index (χ0v) is 13.8. The predicted molar refractivity (Wildman–Crippen MR) is 83.4 cm³/mol. The van der Waals surface area contributed by atoms with Gasteiger partial charge < -0.3 is 9.84 Å². The normalized spacial score (nSPS) is 25.5. The summed E-state index contributed by atoms with van der Waals surface area (Å²) in [6, 6.07) is 0. The van der Waals surface area contributed by atoms with E-state index in [1.807, 2.05) is 0 Å². The van der Waals surface area contributed by atoms with Gasteiger partial charge >= 0.3 is 5.97 Å². The lowest BCUT2D eigenvalue weighted by Crippen LogP contribution is -2.58. The van der Waals surface area contributed by atoms with Crippen molar-refractivity contribution < 1.29 is 14.6 Å². The monoisotopic (exact) mass is 297 g/mol. The summed E-state index contributed by atoms with van der Waals surface area (Å²) >= 11 is 0. The van der Waals surface area contributed by atoms with Gasteiger partial charge in [0.25, 0.3) is 0 Å². The summed E-state index contributed by atoms with van der Waals surface area (Å²) in [5.74, 6) is -0.504. The number of carbonyl (C=O) groups is 1. The minimum Gasteiger partial charge on any atom is -0.480 e. The summed E-state index contributed by atoms with van der Waals surface area (Å²) in [5.41, 5.74) is -0.441. The number of carboxylic acid groups (broad SMARTS) is 1. The van der Waals surface area contributed by atoms with Crippen LogP contribution in [-0.2, 0) is 9.53 Å². The largest absolute Gasteiger partial charge is 0.480 e. The van der Waals surface area contributed by atoms with Gasteiger partial charge in [0, 0.05) is 0 Å². The molecule has 0 amide bonds. The lowest BCUT2D eigenvalue weighted by Gasteiger charge is -2.37. The first-order chi connectivity index (χ1) is 9.89. The summed E-state index contributed by atoms with van der Waals surface area (Å²) < 4.78 is 6.06. The molecule has 2 rings (SSSR count). The number of nitrogens with one attached hydrogen (secondary N) is 1. The molecule has 0 radical (unpaired) electrons. The van der Waals surface area contributed by atoms with Crippen LogP contribution in [0, 0.1) is 11.3 Å². The number of rotatable bonds is 8. The fourth-order valence-electron chi connectivity index (χ4n) is 3.34. The topological polar surface area (TPSA) is 58.6 Å². The average molecular weight is 297 g/mol. The van der Waals surface area contributed by atoms with Crippen LogP contribution in [0.2, 0.25) is 0 Å². The molecule has 0 aromatic heterocycles. The van der Waals surface area contributed by atoms with E-state index < -0.39 is 11.5 Å². The summed E-state index contributed by atoms with van der Waals surface area (Å²) in [6.07, 6.45) is 7.64.